The maximum absolute atomic E-state index is 9.28. The van der Waals surface area contributed by atoms with Crippen LogP contribution in [0.3, 0.4) is 0 Å². The van der Waals surface area contributed by atoms with Crippen molar-refractivity contribution in [2.75, 3.05) is 26.2 Å². The number of nitrogens with one attached hydrogen (secondary N) is 1. The molecular weight excluding hydrogens is 234 g/mol. The van der Waals surface area contributed by atoms with Crippen molar-refractivity contribution in [2.24, 2.45) is 5.41 Å². The molecule has 0 amide bonds. The van der Waals surface area contributed by atoms with Gasteiger partial charge in [-0.15, -0.1) is 0 Å². The monoisotopic (exact) mass is 263 g/mol. The Labute approximate surface area is 118 Å². The molecule has 0 radical (unpaired) electrons. The standard InChI is InChI=1S/C16H29N3/c1-3-18-15(2,14-17)8-11-19-12-9-16(10-13-19)6-4-5-7-16/h18H,3-13H2,1-2H3. The molecule has 0 aromatic heterocycles. The third kappa shape index (κ3) is 3.70. The molecule has 0 aromatic carbocycles. The second kappa shape index (κ2) is 6.24. The van der Waals surface area contributed by atoms with Crippen molar-refractivity contribution in [3.8, 4) is 6.07 Å². The van der Waals surface area contributed by atoms with Crippen molar-refractivity contribution in [3.05, 3.63) is 0 Å². The smallest absolute Gasteiger partial charge is 0.105 e. The van der Waals surface area contributed by atoms with Gasteiger partial charge in [-0.1, -0.05) is 19.8 Å². The summed E-state index contributed by atoms with van der Waals surface area (Å²) in [5.41, 5.74) is 0.355. The zero-order valence-corrected chi connectivity index (χ0v) is 12.7. The number of rotatable bonds is 5. The molecule has 1 spiro atoms. The predicted octanol–water partition coefficient (Wildman–Crippen LogP) is 2.92. The summed E-state index contributed by atoms with van der Waals surface area (Å²) in [6, 6.07) is 2.43. The van der Waals surface area contributed by atoms with E-state index >= 15 is 0 Å². The van der Waals surface area contributed by atoms with Gasteiger partial charge in [0.15, 0.2) is 0 Å². The first kappa shape index (κ1) is 14.8. The Hall–Kier alpha value is -0.590. The van der Waals surface area contributed by atoms with Gasteiger partial charge in [0.05, 0.1) is 6.07 Å². The fraction of sp³-hybridized carbons (Fsp3) is 0.938. The van der Waals surface area contributed by atoms with E-state index in [9.17, 15) is 5.26 Å². The van der Waals surface area contributed by atoms with Gasteiger partial charge < -0.3 is 4.90 Å². The first-order chi connectivity index (χ1) is 9.11. The van der Waals surface area contributed by atoms with E-state index in [2.05, 4.69) is 23.2 Å². The lowest BCUT2D eigenvalue weighted by molar-refractivity contribution is 0.103. The normalized spacial score (nSPS) is 26.2. The summed E-state index contributed by atoms with van der Waals surface area (Å²) in [5.74, 6) is 0. The van der Waals surface area contributed by atoms with Crippen molar-refractivity contribution in [1.29, 1.82) is 5.26 Å². The van der Waals surface area contributed by atoms with Crippen LogP contribution in [0.2, 0.25) is 0 Å². The van der Waals surface area contributed by atoms with Crippen LogP contribution in [0.25, 0.3) is 0 Å². The molecule has 1 atom stereocenters. The van der Waals surface area contributed by atoms with Crippen molar-refractivity contribution < 1.29 is 0 Å². The number of hydrogen-bond donors (Lipinski definition) is 1. The van der Waals surface area contributed by atoms with E-state index in [-0.39, 0.29) is 5.54 Å². The zero-order chi connectivity index (χ0) is 13.8. The summed E-state index contributed by atoms with van der Waals surface area (Å²) in [5, 5.41) is 12.6. The molecule has 1 unspecified atom stereocenters. The lowest BCUT2D eigenvalue weighted by Crippen LogP contribution is -2.46. The molecule has 1 aliphatic heterocycles. The Balaban J connectivity index is 1.75. The van der Waals surface area contributed by atoms with Crippen LogP contribution in [0, 0.1) is 16.7 Å². The Morgan fingerprint density at radius 3 is 2.37 bits per heavy atom. The minimum atomic E-state index is -0.350. The zero-order valence-electron chi connectivity index (χ0n) is 12.7. The van der Waals surface area contributed by atoms with Crippen LogP contribution < -0.4 is 5.32 Å². The van der Waals surface area contributed by atoms with Crippen LogP contribution in [0.5, 0.6) is 0 Å². The molecule has 1 saturated carbocycles. The summed E-state index contributed by atoms with van der Waals surface area (Å²) < 4.78 is 0. The quantitative estimate of drug-likeness (QED) is 0.829. The molecule has 3 heteroatoms. The van der Waals surface area contributed by atoms with Crippen molar-refractivity contribution in [1.82, 2.24) is 10.2 Å². The van der Waals surface area contributed by atoms with Gasteiger partial charge in [0.1, 0.15) is 5.54 Å². The lowest BCUT2D eigenvalue weighted by Gasteiger charge is -2.40. The molecule has 3 nitrogen and oxygen atoms in total. The van der Waals surface area contributed by atoms with Gasteiger partial charge >= 0.3 is 0 Å². The molecule has 0 aromatic rings. The van der Waals surface area contributed by atoms with Crippen molar-refractivity contribution in [2.45, 2.75) is 64.3 Å². The van der Waals surface area contributed by atoms with Crippen LogP contribution in [0.15, 0.2) is 0 Å². The van der Waals surface area contributed by atoms with Gasteiger partial charge in [0, 0.05) is 6.54 Å². The van der Waals surface area contributed by atoms with Gasteiger partial charge in [-0.05, 0) is 64.1 Å². The molecule has 1 saturated heterocycles. The van der Waals surface area contributed by atoms with Crippen molar-refractivity contribution in [3.63, 3.8) is 0 Å². The fourth-order valence-electron chi connectivity index (χ4n) is 3.83. The number of hydrogen-bond acceptors (Lipinski definition) is 3. The maximum Gasteiger partial charge on any atom is 0.105 e. The minimum Gasteiger partial charge on any atom is -0.303 e. The topological polar surface area (TPSA) is 39.1 Å². The predicted molar refractivity (Wildman–Crippen MR) is 78.9 cm³/mol. The Kier molecular flexibility index (Phi) is 4.86. The van der Waals surface area contributed by atoms with Crippen molar-refractivity contribution >= 4 is 0 Å². The highest BCUT2D eigenvalue weighted by Gasteiger charge is 2.37. The van der Waals surface area contributed by atoms with Gasteiger partial charge in [0.2, 0.25) is 0 Å². The van der Waals surface area contributed by atoms with Crippen LogP contribution in [0.4, 0.5) is 0 Å². The average molecular weight is 263 g/mol. The summed E-state index contributed by atoms with van der Waals surface area (Å²) in [4.78, 5) is 2.57. The Morgan fingerprint density at radius 1 is 1.21 bits per heavy atom. The molecule has 0 bridgehead atoms. The highest BCUT2D eigenvalue weighted by molar-refractivity contribution is 5.04. The lowest BCUT2D eigenvalue weighted by atomic mass is 9.77. The van der Waals surface area contributed by atoms with E-state index < -0.39 is 0 Å². The molecular formula is C16H29N3. The average Bonchev–Trinajstić information content (AvgIpc) is 2.87. The van der Waals surface area contributed by atoms with E-state index in [1.165, 1.54) is 51.6 Å². The van der Waals surface area contributed by atoms with Gasteiger partial charge in [-0.3, -0.25) is 5.32 Å². The van der Waals surface area contributed by atoms with Gasteiger partial charge in [0.25, 0.3) is 0 Å². The number of likely N-dealkylation sites (tertiary alicyclic amines) is 1. The van der Waals surface area contributed by atoms with Gasteiger partial charge in [-0.25, -0.2) is 0 Å². The molecule has 1 heterocycles. The summed E-state index contributed by atoms with van der Waals surface area (Å²) >= 11 is 0. The summed E-state index contributed by atoms with van der Waals surface area (Å²) in [6.45, 7) is 8.51. The van der Waals surface area contributed by atoms with E-state index in [1.54, 1.807) is 0 Å². The molecule has 2 rings (SSSR count). The number of nitriles is 1. The molecule has 2 aliphatic rings. The summed E-state index contributed by atoms with van der Waals surface area (Å²) in [6.07, 6.45) is 9.54. The maximum atomic E-state index is 9.28. The largest absolute Gasteiger partial charge is 0.303 e. The highest BCUT2D eigenvalue weighted by atomic mass is 15.1. The third-order valence-corrected chi connectivity index (χ3v) is 5.32. The van der Waals surface area contributed by atoms with E-state index in [1.807, 2.05) is 6.92 Å². The van der Waals surface area contributed by atoms with Crippen LogP contribution in [-0.2, 0) is 0 Å². The molecule has 1 N–H and O–H groups in total. The van der Waals surface area contributed by atoms with Crippen LogP contribution in [-0.4, -0.2) is 36.6 Å². The first-order valence-corrected chi connectivity index (χ1v) is 8.00. The molecule has 1 aliphatic carbocycles. The molecule has 19 heavy (non-hydrogen) atoms. The SMILES string of the molecule is CCNC(C)(C#N)CCN1CCC2(CCCC2)CC1. The Morgan fingerprint density at radius 2 is 1.84 bits per heavy atom. The van der Waals surface area contributed by atoms with E-state index in [0.717, 1.165) is 19.5 Å². The first-order valence-electron chi connectivity index (χ1n) is 8.00. The van der Waals surface area contributed by atoms with Crippen LogP contribution >= 0.6 is 0 Å². The number of piperidine rings is 1. The number of nitrogens with zero attached hydrogens (tertiary/aromatic N) is 2. The highest BCUT2D eigenvalue weighted by Crippen LogP contribution is 2.46. The Bertz CT molecular complexity index is 317. The minimum absolute atomic E-state index is 0.350. The van der Waals surface area contributed by atoms with E-state index in [4.69, 9.17) is 0 Å². The second-order valence-electron chi connectivity index (χ2n) is 6.77. The molecule has 2 fully saturated rings. The van der Waals surface area contributed by atoms with E-state index in [0.29, 0.717) is 5.41 Å². The van der Waals surface area contributed by atoms with Gasteiger partial charge in [-0.2, -0.15) is 5.26 Å². The third-order valence-electron chi connectivity index (χ3n) is 5.32. The van der Waals surface area contributed by atoms with Crippen LogP contribution in [0.1, 0.15) is 58.8 Å². The fourth-order valence-corrected chi connectivity index (χ4v) is 3.83. The molecule has 108 valence electrons. The summed E-state index contributed by atoms with van der Waals surface area (Å²) in [7, 11) is 0. The second-order valence-corrected chi connectivity index (χ2v) is 6.77.